The highest BCUT2D eigenvalue weighted by Gasteiger charge is 2.23. The van der Waals surface area contributed by atoms with Crippen molar-refractivity contribution in [1.29, 1.82) is 0 Å². The van der Waals surface area contributed by atoms with Gasteiger partial charge >= 0.3 is 0 Å². The molecule has 106 valence electrons. The van der Waals surface area contributed by atoms with Crippen LogP contribution in [-0.4, -0.2) is 15.0 Å². The lowest BCUT2D eigenvalue weighted by Gasteiger charge is -2.24. The van der Waals surface area contributed by atoms with Crippen molar-refractivity contribution in [3.8, 4) is 0 Å². The lowest BCUT2D eigenvalue weighted by Crippen LogP contribution is -2.22. The summed E-state index contributed by atoms with van der Waals surface area (Å²) < 4.78 is 0. The van der Waals surface area contributed by atoms with Crippen LogP contribution in [0.3, 0.4) is 0 Å². The Hall–Kier alpha value is -1.77. The predicted molar refractivity (Wildman–Crippen MR) is 81.7 cm³/mol. The molecule has 0 atom stereocenters. The second-order valence-corrected chi connectivity index (χ2v) is 6.98. The first-order valence-electron chi connectivity index (χ1n) is 7.00. The summed E-state index contributed by atoms with van der Waals surface area (Å²) in [6.07, 6.45) is 8.21. The first-order chi connectivity index (χ1) is 9.29. The molecule has 0 aliphatic rings. The van der Waals surface area contributed by atoms with Crippen LogP contribution >= 0.6 is 0 Å². The monoisotopic (exact) mass is 269 g/mol. The molecule has 0 N–H and O–H groups in total. The molecule has 0 saturated carbocycles. The molecule has 0 aliphatic carbocycles. The van der Waals surface area contributed by atoms with Crippen LogP contribution in [0.25, 0.3) is 0 Å². The summed E-state index contributed by atoms with van der Waals surface area (Å²) in [6.45, 7) is 11.0. The maximum absolute atomic E-state index is 4.62. The Morgan fingerprint density at radius 1 is 0.850 bits per heavy atom. The van der Waals surface area contributed by atoms with Gasteiger partial charge in [0.2, 0.25) is 0 Å². The van der Waals surface area contributed by atoms with Crippen LogP contribution < -0.4 is 0 Å². The largest absolute Gasteiger partial charge is 0.261 e. The van der Waals surface area contributed by atoms with Crippen LogP contribution in [0.1, 0.15) is 51.4 Å². The minimum absolute atomic E-state index is 0.0164. The Morgan fingerprint density at radius 3 is 2.00 bits per heavy atom. The van der Waals surface area contributed by atoms with Crippen LogP contribution in [0.2, 0.25) is 0 Å². The molecule has 0 saturated heterocycles. The Kier molecular flexibility index (Phi) is 3.89. The van der Waals surface area contributed by atoms with E-state index in [4.69, 9.17) is 0 Å². The van der Waals surface area contributed by atoms with Gasteiger partial charge in [-0.25, -0.2) is 9.97 Å². The van der Waals surface area contributed by atoms with Crippen molar-refractivity contribution < 1.29 is 0 Å². The average molecular weight is 269 g/mol. The SMILES string of the molecule is CC(C)(C)c1ccc(CC(C)(C)c2cncnc2)nc1. The normalized spacial score (nSPS) is 12.4. The second kappa shape index (κ2) is 5.31. The molecule has 2 heterocycles. The van der Waals surface area contributed by atoms with Gasteiger partial charge in [-0.15, -0.1) is 0 Å². The fraction of sp³-hybridized carbons (Fsp3) is 0.471. The van der Waals surface area contributed by atoms with E-state index in [9.17, 15) is 0 Å². The van der Waals surface area contributed by atoms with Gasteiger partial charge in [0.1, 0.15) is 6.33 Å². The van der Waals surface area contributed by atoms with Crippen molar-refractivity contribution in [2.24, 2.45) is 0 Å². The number of hydrogen-bond donors (Lipinski definition) is 0. The molecule has 20 heavy (non-hydrogen) atoms. The van der Waals surface area contributed by atoms with E-state index in [0.717, 1.165) is 17.7 Å². The predicted octanol–water partition coefficient (Wildman–Crippen LogP) is 3.69. The lowest BCUT2D eigenvalue weighted by atomic mass is 9.81. The topological polar surface area (TPSA) is 38.7 Å². The molecule has 0 amide bonds. The molecule has 0 fully saturated rings. The zero-order valence-corrected chi connectivity index (χ0v) is 13.0. The van der Waals surface area contributed by atoms with E-state index in [2.05, 4.69) is 61.7 Å². The number of aromatic nitrogens is 3. The fourth-order valence-electron chi connectivity index (χ4n) is 2.18. The van der Waals surface area contributed by atoms with Gasteiger partial charge in [0.05, 0.1) is 0 Å². The summed E-state index contributed by atoms with van der Waals surface area (Å²) in [5, 5.41) is 0. The van der Waals surface area contributed by atoms with Crippen LogP contribution in [0.5, 0.6) is 0 Å². The zero-order valence-electron chi connectivity index (χ0n) is 13.0. The van der Waals surface area contributed by atoms with Crippen LogP contribution in [0.15, 0.2) is 37.1 Å². The van der Waals surface area contributed by atoms with Gasteiger partial charge in [0.15, 0.2) is 0 Å². The molecule has 0 spiro atoms. The molecule has 2 aromatic rings. The zero-order chi connectivity index (χ0) is 14.8. The Balaban J connectivity index is 2.18. The van der Waals surface area contributed by atoms with Crippen LogP contribution in [0.4, 0.5) is 0 Å². The van der Waals surface area contributed by atoms with Crippen molar-refractivity contribution in [2.75, 3.05) is 0 Å². The molecule has 0 aromatic carbocycles. The van der Waals surface area contributed by atoms with Crippen molar-refractivity contribution >= 4 is 0 Å². The Morgan fingerprint density at radius 2 is 1.50 bits per heavy atom. The maximum Gasteiger partial charge on any atom is 0.115 e. The summed E-state index contributed by atoms with van der Waals surface area (Å²) in [5.41, 5.74) is 3.64. The van der Waals surface area contributed by atoms with Gasteiger partial charge in [0, 0.05) is 24.3 Å². The van der Waals surface area contributed by atoms with E-state index in [-0.39, 0.29) is 10.8 Å². The van der Waals surface area contributed by atoms with Crippen molar-refractivity contribution in [3.05, 3.63) is 53.9 Å². The molecular formula is C17H23N3. The third-order valence-electron chi connectivity index (χ3n) is 3.66. The van der Waals surface area contributed by atoms with Crippen LogP contribution in [0, 0.1) is 0 Å². The van der Waals surface area contributed by atoms with E-state index in [1.807, 2.05) is 18.6 Å². The molecule has 2 rings (SSSR count). The van der Waals surface area contributed by atoms with Crippen molar-refractivity contribution in [2.45, 2.75) is 51.9 Å². The van der Waals surface area contributed by atoms with E-state index in [1.165, 1.54) is 5.56 Å². The second-order valence-electron chi connectivity index (χ2n) is 6.98. The van der Waals surface area contributed by atoms with Gasteiger partial charge in [-0.2, -0.15) is 0 Å². The number of nitrogens with zero attached hydrogens (tertiary/aromatic N) is 3. The van der Waals surface area contributed by atoms with E-state index in [0.29, 0.717) is 0 Å². The minimum atomic E-state index is -0.0164. The Bertz CT molecular complexity index is 551. The molecular weight excluding hydrogens is 246 g/mol. The summed E-state index contributed by atoms with van der Waals surface area (Å²) in [4.78, 5) is 12.8. The number of pyridine rings is 1. The highest BCUT2D eigenvalue weighted by Crippen LogP contribution is 2.27. The van der Waals surface area contributed by atoms with Gasteiger partial charge in [-0.1, -0.05) is 40.7 Å². The van der Waals surface area contributed by atoms with Crippen molar-refractivity contribution in [3.63, 3.8) is 0 Å². The summed E-state index contributed by atoms with van der Waals surface area (Å²) >= 11 is 0. The lowest BCUT2D eigenvalue weighted by molar-refractivity contribution is 0.509. The maximum atomic E-state index is 4.62. The van der Waals surface area contributed by atoms with Gasteiger partial charge in [-0.05, 0) is 34.4 Å². The van der Waals surface area contributed by atoms with E-state index in [1.54, 1.807) is 6.33 Å². The highest BCUT2D eigenvalue weighted by atomic mass is 14.8. The van der Waals surface area contributed by atoms with E-state index < -0.39 is 0 Å². The summed E-state index contributed by atoms with van der Waals surface area (Å²) in [7, 11) is 0. The summed E-state index contributed by atoms with van der Waals surface area (Å²) in [5.74, 6) is 0. The molecule has 0 radical (unpaired) electrons. The standard InChI is InChI=1S/C17H23N3/c1-16(2,3)13-6-7-15(20-11-13)8-17(4,5)14-9-18-12-19-10-14/h6-7,9-12H,8H2,1-5H3. The fourth-order valence-corrected chi connectivity index (χ4v) is 2.18. The molecule has 2 aromatic heterocycles. The minimum Gasteiger partial charge on any atom is -0.261 e. The third kappa shape index (κ3) is 3.41. The molecule has 3 heteroatoms. The smallest absolute Gasteiger partial charge is 0.115 e. The van der Waals surface area contributed by atoms with E-state index >= 15 is 0 Å². The summed E-state index contributed by atoms with van der Waals surface area (Å²) in [6, 6.07) is 4.31. The van der Waals surface area contributed by atoms with Gasteiger partial charge in [-0.3, -0.25) is 4.98 Å². The molecule has 0 unspecified atom stereocenters. The van der Waals surface area contributed by atoms with Crippen molar-refractivity contribution in [1.82, 2.24) is 15.0 Å². The Labute approximate surface area is 121 Å². The van der Waals surface area contributed by atoms with Crippen LogP contribution in [-0.2, 0) is 17.3 Å². The first-order valence-corrected chi connectivity index (χ1v) is 7.00. The molecule has 3 nitrogen and oxygen atoms in total. The highest BCUT2D eigenvalue weighted by molar-refractivity contribution is 5.24. The molecule has 0 aliphatic heterocycles. The molecule has 0 bridgehead atoms. The van der Waals surface area contributed by atoms with Gasteiger partial charge in [0.25, 0.3) is 0 Å². The first kappa shape index (κ1) is 14.6. The van der Waals surface area contributed by atoms with Gasteiger partial charge < -0.3 is 0 Å². The number of hydrogen-bond acceptors (Lipinski definition) is 3. The average Bonchev–Trinajstić information content (AvgIpc) is 2.39. The third-order valence-corrected chi connectivity index (χ3v) is 3.66. The number of rotatable bonds is 3. The quantitative estimate of drug-likeness (QED) is 0.853.